The van der Waals surface area contributed by atoms with E-state index in [1.807, 2.05) is 17.5 Å². The van der Waals surface area contributed by atoms with Crippen LogP contribution in [0, 0.1) is 0 Å². The van der Waals surface area contributed by atoms with E-state index in [0.29, 0.717) is 0 Å². The number of hydrogen-bond donors (Lipinski definition) is 2. The number of nitrogens with zero attached hydrogens (tertiary/aromatic N) is 1. The molecule has 0 saturated carbocycles. The van der Waals surface area contributed by atoms with E-state index in [1.165, 1.54) is 23.5 Å². The van der Waals surface area contributed by atoms with Crippen LogP contribution in [-0.4, -0.2) is 17.2 Å². The van der Waals surface area contributed by atoms with Crippen molar-refractivity contribution in [1.82, 2.24) is 5.43 Å². The largest absolute Gasteiger partial charge is 0.507 e. The van der Waals surface area contributed by atoms with Crippen molar-refractivity contribution in [2.24, 2.45) is 5.10 Å². The summed E-state index contributed by atoms with van der Waals surface area (Å²) >= 11 is 1.52. The minimum absolute atomic E-state index is 0.0590. The van der Waals surface area contributed by atoms with E-state index in [-0.39, 0.29) is 11.3 Å². The third-order valence-corrected chi connectivity index (χ3v) is 2.86. The van der Waals surface area contributed by atoms with Crippen LogP contribution in [0.5, 0.6) is 5.75 Å². The number of rotatable bonds is 3. The van der Waals surface area contributed by atoms with Crippen LogP contribution in [0.1, 0.15) is 15.2 Å². The highest BCUT2D eigenvalue weighted by molar-refractivity contribution is 7.11. The normalized spacial score (nSPS) is 10.6. The molecular formula is C12H10N2O2S. The van der Waals surface area contributed by atoms with Crippen molar-refractivity contribution >= 4 is 23.5 Å². The molecule has 2 N–H and O–H groups in total. The quantitative estimate of drug-likeness (QED) is 0.644. The second-order valence-electron chi connectivity index (χ2n) is 3.23. The van der Waals surface area contributed by atoms with Crippen LogP contribution >= 0.6 is 11.3 Å². The zero-order chi connectivity index (χ0) is 12.1. The van der Waals surface area contributed by atoms with Gasteiger partial charge in [-0.15, -0.1) is 11.3 Å². The molecule has 0 saturated heterocycles. The van der Waals surface area contributed by atoms with Crippen molar-refractivity contribution in [3.63, 3.8) is 0 Å². The number of phenolic OH excluding ortho intramolecular Hbond substituents is 1. The van der Waals surface area contributed by atoms with E-state index in [1.54, 1.807) is 18.3 Å². The molecule has 0 aliphatic rings. The van der Waals surface area contributed by atoms with E-state index in [4.69, 9.17) is 0 Å². The molecule has 0 radical (unpaired) electrons. The van der Waals surface area contributed by atoms with Crippen LogP contribution in [0.2, 0.25) is 0 Å². The minimum atomic E-state index is -0.434. The molecule has 2 rings (SSSR count). The summed E-state index contributed by atoms with van der Waals surface area (Å²) in [6, 6.07) is 10.1. The molecule has 17 heavy (non-hydrogen) atoms. The van der Waals surface area contributed by atoms with Gasteiger partial charge in [-0.25, -0.2) is 5.43 Å². The maximum absolute atomic E-state index is 11.6. The first-order valence-corrected chi connectivity index (χ1v) is 5.80. The third-order valence-electron chi connectivity index (χ3n) is 2.05. The first-order valence-electron chi connectivity index (χ1n) is 4.92. The van der Waals surface area contributed by atoms with Crippen LogP contribution in [0.3, 0.4) is 0 Å². The molecule has 1 heterocycles. The number of amides is 1. The van der Waals surface area contributed by atoms with Crippen LogP contribution in [0.25, 0.3) is 0 Å². The van der Waals surface area contributed by atoms with Gasteiger partial charge in [-0.1, -0.05) is 18.2 Å². The zero-order valence-corrected chi connectivity index (χ0v) is 9.65. The Labute approximate surface area is 102 Å². The van der Waals surface area contributed by atoms with Gasteiger partial charge >= 0.3 is 0 Å². The van der Waals surface area contributed by atoms with Crippen LogP contribution < -0.4 is 5.43 Å². The number of para-hydroxylation sites is 1. The van der Waals surface area contributed by atoms with Gasteiger partial charge in [0.2, 0.25) is 0 Å². The molecule has 0 bridgehead atoms. The van der Waals surface area contributed by atoms with Crippen molar-refractivity contribution in [2.45, 2.75) is 0 Å². The van der Waals surface area contributed by atoms with Gasteiger partial charge in [0.25, 0.3) is 5.91 Å². The lowest BCUT2D eigenvalue weighted by Crippen LogP contribution is -2.17. The van der Waals surface area contributed by atoms with Gasteiger partial charge in [-0.05, 0) is 23.6 Å². The zero-order valence-electron chi connectivity index (χ0n) is 8.83. The first kappa shape index (κ1) is 11.3. The van der Waals surface area contributed by atoms with E-state index in [9.17, 15) is 9.90 Å². The lowest BCUT2D eigenvalue weighted by Gasteiger charge is -2.01. The molecule has 86 valence electrons. The molecule has 0 atom stereocenters. The SMILES string of the molecule is O=C(N/N=C\c1cccs1)c1ccccc1O. The van der Waals surface area contributed by atoms with E-state index in [0.717, 1.165) is 4.88 Å². The Morgan fingerprint density at radius 1 is 1.29 bits per heavy atom. The highest BCUT2D eigenvalue weighted by atomic mass is 32.1. The van der Waals surface area contributed by atoms with Crippen molar-refractivity contribution < 1.29 is 9.90 Å². The summed E-state index contributed by atoms with van der Waals surface area (Å²) in [6.45, 7) is 0. The Balaban J connectivity index is 2.01. The van der Waals surface area contributed by atoms with Crippen LogP contribution in [-0.2, 0) is 0 Å². The molecule has 0 unspecified atom stereocenters. The molecular weight excluding hydrogens is 236 g/mol. The lowest BCUT2D eigenvalue weighted by atomic mass is 10.2. The summed E-state index contributed by atoms with van der Waals surface area (Å²) in [5.74, 6) is -0.493. The maximum atomic E-state index is 11.6. The number of benzene rings is 1. The van der Waals surface area contributed by atoms with E-state index < -0.39 is 5.91 Å². The monoisotopic (exact) mass is 246 g/mol. The number of nitrogens with one attached hydrogen (secondary N) is 1. The smallest absolute Gasteiger partial charge is 0.275 e. The molecule has 5 heteroatoms. The van der Waals surface area contributed by atoms with E-state index in [2.05, 4.69) is 10.5 Å². The predicted octanol–water partition coefficient (Wildman–Crippen LogP) is 2.22. The molecule has 0 aliphatic heterocycles. The Morgan fingerprint density at radius 3 is 2.82 bits per heavy atom. The fourth-order valence-corrected chi connectivity index (χ4v) is 1.83. The van der Waals surface area contributed by atoms with Crippen molar-refractivity contribution in [3.05, 3.63) is 52.2 Å². The summed E-state index contributed by atoms with van der Waals surface area (Å²) in [7, 11) is 0. The summed E-state index contributed by atoms with van der Waals surface area (Å²) in [5, 5.41) is 15.2. The maximum Gasteiger partial charge on any atom is 0.275 e. The topological polar surface area (TPSA) is 61.7 Å². The fourth-order valence-electron chi connectivity index (χ4n) is 1.25. The first-order chi connectivity index (χ1) is 8.27. The number of thiophene rings is 1. The van der Waals surface area contributed by atoms with Gasteiger partial charge in [0, 0.05) is 4.88 Å². The average Bonchev–Trinajstić information content (AvgIpc) is 2.82. The highest BCUT2D eigenvalue weighted by Crippen LogP contribution is 2.14. The Bertz CT molecular complexity index is 535. The van der Waals surface area contributed by atoms with Gasteiger partial charge in [0.1, 0.15) is 5.75 Å². The predicted molar refractivity (Wildman–Crippen MR) is 67.5 cm³/mol. The summed E-state index contributed by atoms with van der Waals surface area (Å²) in [4.78, 5) is 12.6. The Hall–Kier alpha value is -2.14. The fraction of sp³-hybridized carbons (Fsp3) is 0. The second kappa shape index (κ2) is 5.27. The standard InChI is InChI=1S/C12H10N2O2S/c15-11-6-2-1-5-10(11)12(16)14-13-8-9-4-3-7-17-9/h1-8,15H,(H,14,16)/b13-8-. The molecule has 2 aromatic rings. The number of carbonyl (C=O) groups excluding carboxylic acids is 1. The van der Waals surface area contributed by atoms with Crippen molar-refractivity contribution in [2.75, 3.05) is 0 Å². The van der Waals surface area contributed by atoms with E-state index >= 15 is 0 Å². The van der Waals surface area contributed by atoms with Crippen molar-refractivity contribution in [3.8, 4) is 5.75 Å². The molecule has 1 aromatic carbocycles. The Morgan fingerprint density at radius 2 is 2.12 bits per heavy atom. The van der Waals surface area contributed by atoms with Crippen molar-refractivity contribution in [1.29, 1.82) is 0 Å². The van der Waals surface area contributed by atoms with Gasteiger partial charge < -0.3 is 5.11 Å². The lowest BCUT2D eigenvalue weighted by molar-refractivity contribution is 0.0952. The van der Waals surface area contributed by atoms with Crippen LogP contribution in [0.4, 0.5) is 0 Å². The molecule has 1 amide bonds. The van der Waals surface area contributed by atoms with Gasteiger partial charge in [0.15, 0.2) is 0 Å². The number of carbonyl (C=O) groups is 1. The highest BCUT2D eigenvalue weighted by Gasteiger charge is 2.08. The third kappa shape index (κ3) is 2.92. The molecule has 0 fully saturated rings. The molecule has 4 nitrogen and oxygen atoms in total. The summed E-state index contributed by atoms with van der Waals surface area (Å²) < 4.78 is 0. The molecule has 0 spiro atoms. The van der Waals surface area contributed by atoms with Gasteiger partial charge in [-0.2, -0.15) is 5.10 Å². The molecule has 1 aromatic heterocycles. The average molecular weight is 246 g/mol. The van der Waals surface area contributed by atoms with Gasteiger partial charge in [0.05, 0.1) is 11.8 Å². The molecule has 0 aliphatic carbocycles. The number of aromatic hydroxyl groups is 1. The van der Waals surface area contributed by atoms with Crippen LogP contribution in [0.15, 0.2) is 46.9 Å². The number of hydrazone groups is 1. The summed E-state index contributed by atoms with van der Waals surface area (Å²) in [5.41, 5.74) is 2.56. The minimum Gasteiger partial charge on any atom is -0.507 e. The summed E-state index contributed by atoms with van der Waals surface area (Å²) in [6.07, 6.45) is 1.56. The Kier molecular flexibility index (Phi) is 3.52. The number of phenols is 1. The van der Waals surface area contributed by atoms with Gasteiger partial charge in [-0.3, -0.25) is 4.79 Å². The second-order valence-corrected chi connectivity index (χ2v) is 4.21. The number of hydrogen-bond acceptors (Lipinski definition) is 4.